The van der Waals surface area contributed by atoms with Crippen LogP contribution in [0.1, 0.15) is 41.6 Å². The molecule has 1 aromatic heterocycles. The SMILES string of the molecule is NC(=O)Cn1cccc(C(=O)NCC2(c3ccccc3)CCCC2)c1=O. The summed E-state index contributed by atoms with van der Waals surface area (Å²) in [6.45, 7) is 0.244. The second-order valence-electron chi connectivity index (χ2n) is 6.86. The zero-order valence-electron chi connectivity index (χ0n) is 14.6. The maximum absolute atomic E-state index is 12.6. The Balaban J connectivity index is 1.78. The van der Waals surface area contributed by atoms with Gasteiger partial charge in [-0.05, 0) is 30.5 Å². The van der Waals surface area contributed by atoms with E-state index in [2.05, 4.69) is 17.4 Å². The lowest BCUT2D eigenvalue weighted by Gasteiger charge is -2.30. The fourth-order valence-corrected chi connectivity index (χ4v) is 3.76. The number of hydrogen-bond acceptors (Lipinski definition) is 3. The molecule has 1 aliphatic rings. The van der Waals surface area contributed by atoms with Gasteiger partial charge < -0.3 is 15.6 Å². The summed E-state index contributed by atoms with van der Waals surface area (Å²) >= 11 is 0. The summed E-state index contributed by atoms with van der Waals surface area (Å²) in [5.74, 6) is -1.05. The molecule has 0 bridgehead atoms. The average Bonchev–Trinajstić information content (AvgIpc) is 3.12. The molecule has 1 fully saturated rings. The third kappa shape index (κ3) is 3.69. The first-order chi connectivity index (χ1) is 12.5. The smallest absolute Gasteiger partial charge is 0.263 e. The lowest BCUT2D eigenvalue weighted by molar-refractivity contribution is -0.118. The van der Waals surface area contributed by atoms with Crippen LogP contribution >= 0.6 is 0 Å². The maximum Gasteiger partial charge on any atom is 0.263 e. The molecule has 6 nitrogen and oxygen atoms in total. The number of carbonyl (C=O) groups is 2. The van der Waals surface area contributed by atoms with Gasteiger partial charge in [-0.25, -0.2) is 0 Å². The predicted octanol–water partition coefficient (Wildman–Crippen LogP) is 1.58. The summed E-state index contributed by atoms with van der Waals surface area (Å²) in [5.41, 5.74) is 5.79. The van der Waals surface area contributed by atoms with Crippen molar-refractivity contribution >= 4 is 11.8 Å². The van der Waals surface area contributed by atoms with E-state index in [-0.39, 0.29) is 17.5 Å². The van der Waals surface area contributed by atoms with Gasteiger partial charge in [0.25, 0.3) is 11.5 Å². The summed E-state index contributed by atoms with van der Waals surface area (Å²) < 4.78 is 1.15. The van der Waals surface area contributed by atoms with Crippen LogP contribution in [0.4, 0.5) is 0 Å². The third-order valence-corrected chi connectivity index (χ3v) is 5.13. The Bertz CT molecular complexity index is 852. The second-order valence-corrected chi connectivity index (χ2v) is 6.86. The molecule has 0 radical (unpaired) electrons. The Hall–Kier alpha value is -2.89. The van der Waals surface area contributed by atoms with Crippen LogP contribution in [0.15, 0.2) is 53.5 Å². The first kappa shape index (κ1) is 17.9. The molecule has 2 aromatic rings. The molecule has 0 unspecified atom stereocenters. The summed E-state index contributed by atoms with van der Waals surface area (Å²) in [6, 6.07) is 13.2. The monoisotopic (exact) mass is 353 g/mol. The van der Waals surface area contributed by atoms with Crippen LogP contribution in [0.2, 0.25) is 0 Å². The van der Waals surface area contributed by atoms with Crippen molar-refractivity contribution in [1.29, 1.82) is 0 Å². The van der Waals surface area contributed by atoms with Crippen LogP contribution in [0.5, 0.6) is 0 Å². The molecule has 0 atom stereocenters. The lowest BCUT2D eigenvalue weighted by Crippen LogP contribution is -2.41. The van der Waals surface area contributed by atoms with Gasteiger partial charge in [0.05, 0.1) is 0 Å². The van der Waals surface area contributed by atoms with Crippen molar-refractivity contribution in [3.05, 3.63) is 70.1 Å². The highest BCUT2D eigenvalue weighted by Gasteiger charge is 2.35. The minimum atomic E-state index is -0.626. The number of aromatic nitrogens is 1. The van der Waals surface area contributed by atoms with E-state index in [9.17, 15) is 14.4 Å². The number of primary amides is 1. The number of nitrogens with two attached hydrogens (primary N) is 1. The van der Waals surface area contributed by atoms with Gasteiger partial charge in [0.2, 0.25) is 5.91 Å². The van der Waals surface area contributed by atoms with Crippen molar-refractivity contribution < 1.29 is 9.59 Å². The highest BCUT2D eigenvalue weighted by atomic mass is 16.2. The number of hydrogen-bond donors (Lipinski definition) is 2. The minimum absolute atomic E-state index is 0.0231. The summed E-state index contributed by atoms with van der Waals surface area (Å²) in [6.07, 6.45) is 5.73. The highest BCUT2D eigenvalue weighted by molar-refractivity contribution is 5.93. The predicted molar refractivity (Wildman–Crippen MR) is 98.8 cm³/mol. The minimum Gasteiger partial charge on any atom is -0.368 e. The Morgan fingerprint density at radius 1 is 1.08 bits per heavy atom. The zero-order valence-corrected chi connectivity index (χ0v) is 14.6. The molecule has 1 saturated carbocycles. The number of benzene rings is 1. The first-order valence-corrected chi connectivity index (χ1v) is 8.83. The van der Waals surface area contributed by atoms with Crippen molar-refractivity contribution in [2.24, 2.45) is 5.73 Å². The average molecular weight is 353 g/mol. The van der Waals surface area contributed by atoms with Crippen LogP contribution in [0.3, 0.4) is 0 Å². The maximum atomic E-state index is 12.6. The van der Waals surface area contributed by atoms with Gasteiger partial charge in [0, 0.05) is 18.2 Å². The molecule has 0 saturated heterocycles. The number of pyridine rings is 1. The van der Waals surface area contributed by atoms with Crippen LogP contribution < -0.4 is 16.6 Å². The van der Waals surface area contributed by atoms with Gasteiger partial charge in [-0.15, -0.1) is 0 Å². The fraction of sp³-hybridized carbons (Fsp3) is 0.350. The van der Waals surface area contributed by atoms with E-state index in [0.717, 1.165) is 30.3 Å². The number of nitrogens with zero attached hydrogens (tertiary/aromatic N) is 1. The van der Waals surface area contributed by atoms with Gasteiger partial charge in [0.1, 0.15) is 12.1 Å². The Kier molecular flexibility index (Phi) is 5.21. The van der Waals surface area contributed by atoms with Gasteiger partial charge in [-0.3, -0.25) is 14.4 Å². The molecule has 136 valence electrons. The molecule has 6 heteroatoms. The summed E-state index contributed by atoms with van der Waals surface area (Å²) in [7, 11) is 0. The van der Waals surface area contributed by atoms with Crippen LogP contribution in [0, 0.1) is 0 Å². The van der Waals surface area contributed by atoms with E-state index in [1.807, 2.05) is 18.2 Å². The number of amides is 2. The van der Waals surface area contributed by atoms with Crippen LogP contribution in [-0.4, -0.2) is 22.9 Å². The largest absolute Gasteiger partial charge is 0.368 e. The molecular weight excluding hydrogens is 330 g/mol. The quantitative estimate of drug-likeness (QED) is 0.825. The molecule has 0 aliphatic heterocycles. The Morgan fingerprint density at radius 3 is 2.42 bits per heavy atom. The van der Waals surface area contributed by atoms with E-state index in [1.165, 1.54) is 17.8 Å². The van der Waals surface area contributed by atoms with Crippen molar-refractivity contribution in [3.8, 4) is 0 Å². The molecule has 2 amide bonds. The molecule has 3 N–H and O–H groups in total. The van der Waals surface area contributed by atoms with Crippen molar-refractivity contribution in [3.63, 3.8) is 0 Å². The molecule has 1 aromatic carbocycles. The molecular formula is C20H23N3O3. The number of nitrogens with one attached hydrogen (secondary N) is 1. The summed E-state index contributed by atoms with van der Waals surface area (Å²) in [4.78, 5) is 36.0. The molecule has 3 rings (SSSR count). The number of carbonyl (C=O) groups excluding carboxylic acids is 2. The van der Waals surface area contributed by atoms with E-state index in [4.69, 9.17) is 5.73 Å². The van der Waals surface area contributed by atoms with E-state index in [0.29, 0.717) is 6.54 Å². The second kappa shape index (κ2) is 7.56. The topological polar surface area (TPSA) is 94.2 Å². The van der Waals surface area contributed by atoms with E-state index >= 15 is 0 Å². The van der Waals surface area contributed by atoms with E-state index < -0.39 is 17.4 Å². The van der Waals surface area contributed by atoms with Gasteiger partial charge in [0.15, 0.2) is 0 Å². The molecule has 0 spiro atoms. The van der Waals surface area contributed by atoms with Crippen LogP contribution in [-0.2, 0) is 16.8 Å². The zero-order chi connectivity index (χ0) is 18.6. The van der Waals surface area contributed by atoms with Crippen molar-refractivity contribution in [2.75, 3.05) is 6.54 Å². The van der Waals surface area contributed by atoms with Crippen molar-refractivity contribution in [2.45, 2.75) is 37.6 Å². The summed E-state index contributed by atoms with van der Waals surface area (Å²) in [5, 5.41) is 2.93. The number of rotatable bonds is 6. The molecule has 1 heterocycles. The third-order valence-electron chi connectivity index (χ3n) is 5.13. The van der Waals surface area contributed by atoms with Crippen molar-refractivity contribution in [1.82, 2.24) is 9.88 Å². The van der Waals surface area contributed by atoms with Crippen LogP contribution in [0.25, 0.3) is 0 Å². The van der Waals surface area contributed by atoms with Gasteiger partial charge >= 0.3 is 0 Å². The highest BCUT2D eigenvalue weighted by Crippen LogP contribution is 2.40. The Morgan fingerprint density at radius 2 is 1.77 bits per heavy atom. The normalized spacial score (nSPS) is 15.5. The lowest BCUT2D eigenvalue weighted by atomic mass is 9.79. The molecule has 26 heavy (non-hydrogen) atoms. The van der Waals surface area contributed by atoms with Gasteiger partial charge in [-0.2, -0.15) is 0 Å². The molecule has 1 aliphatic carbocycles. The van der Waals surface area contributed by atoms with Gasteiger partial charge in [-0.1, -0.05) is 43.2 Å². The first-order valence-electron chi connectivity index (χ1n) is 8.83. The van der Waals surface area contributed by atoms with E-state index in [1.54, 1.807) is 6.07 Å². The standard InChI is InChI=1S/C20H23N3O3/c21-17(24)13-23-12-6-9-16(19(23)26)18(25)22-14-20(10-4-5-11-20)15-7-2-1-3-8-15/h1-3,6-9,12H,4-5,10-11,13-14H2,(H2,21,24)(H,22,25). The Labute approximate surface area is 152 Å². The fourth-order valence-electron chi connectivity index (χ4n) is 3.76.